The number of aromatic amines is 1. The molecular weight excluding hydrogens is 504 g/mol. The summed E-state index contributed by atoms with van der Waals surface area (Å²) in [5.74, 6) is 1.63. The third-order valence-electron chi connectivity index (χ3n) is 5.80. The summed E-state index contributed by atoms with van der Waals surface area (Å²) in [5.41, 5.74) is 3.36. The molecular formula is C27H30ClF2N3O2S. The smallest absolute Gasteiger partial charge is 0.387 e. The molecule has 3 aromatic rings. The molecule has 0 aliphatic rings. The van der Waals surface area contributed by atoms with Crippen molar-refractivity contribution in [1.29, 1.82) is 0 Å². The van der Waals surface area contributed by atoms with Gasteiger partial charge < -0.3 is 9.72 Å². The predicted molar refractivity (Wildman–Crippen MR) is 145 cm³/mol. The van der Waals surface area contributed by atoms with Crippen molar-refractivity contribution >= 4 is 40.0 Å². The van der Waals surface area contributed by atoms with Crippen LogP contribution in [0.3, 0.4) is 0 Å². The number of unbranched alkanes of at least 4 members (excludes halogenated alkanes) is 1. The van der Waals surface area contributed by atoms with Gasteiger partial charge in [0.25, 0.3) is 0 Å². The maximum atomic E-state index is 12.9. The van der Waals surface area contributed by atoms with Crippen LogP contribution >= 0.6 is 23.4 Å². The van der Waals surface area contributed by atoms with Gasteiger partial charge in [-0.15, -0.1) is 11.8 Å². The summed E-state index contributed by atoms with van der Waals surface area (Å²) in [4.78, 5) is 20.3. The molecule has 0 saturated carbocycles. The molecule has 0 amide bonds. The predicted octanol–water partition coefficient (Wildman–Crippen LogP) is 8.94. The van der Waals surface area contributed by atoms with Crippen LogP contribution in [0.25, 0.3) is 16.6 Å². The Labute approximate surface area is 219 Å². The molecule has 0 aliphatic heterocycles. The molecule has 1 atom stereocenters. The number of nitroso groups, excluding NO2 is 1. The topological polar surface area (TPSA) is 67.3 Å². The van der Waals surface area contributed by atoms with Crippen molar-refractivity contribution in [3.63, 3.8) is 0 Å². The van der Waals surface area contributed by atoms with Gasteiger partial charge in [0.15, 0.2) is 0 Å². The molecule has 1 heterocycles. The molecule has 1 unspecified atom stereocenters. The largest absolute Gasteiger partial charge is 0.435 e. The van der Waals surface area contributed by atoms with E-state index in [1.165, 1.54) is 17.4 Å². The summed E-state index contributed by atoms with van der Waals surface area (Å²) in [7, 11) is 0. The van der Waals surface area contributed by atoms with Gasteiger partial charge in [-0.2, -0.15) is 13.7 Å². The fraction of sp³-hybridized carbons (Fsp3) is 0.370. The van der Waals surface area contributed by atoms with Gasteiger partial charge >= 0.3 is 6.61 Å². The van der Waals surface area contributed by atoms with E-state index in [4.69, 9.17) is 21.3 Å². The van der Waals surface area contributed by atoms with Crippen molar-refractivity contribution in [3.8, 4) is 0 Å². The van der Waals surface area contributed by atoms with Crippen LogP contribution in [-0.4, -0.2) is 28.9 Å². The number of fused-ring (bicyclic) bond motifs is 1. The molecule has 1 aromatic heterocycles. The van der Waals surface area contributed by atoms with E-state index in [-0.39, 0.29) is 18.2 Å². The van der Waals surface area contributed by atoms with E-state index >= 15 is 0 Å². The van der Waals surface area contributed by atoms with E-state index in [2.05, 4.69) is 41.4 Å². The van der Waals surface area contributed by atoms with Crippen molar-refractivity contribution < 1.29 is 13.5 Å². The van der Waals surface area contributed by atoms with Gasteiger partial charge in [-0.25, -0.2) is 4.98 Å². The molecule has 0 saturated heterocycles. The lowest BCUT2D eigenvalue weighted by molar-refractivity contribution is -0.0909. The fourth-order valence-electron chi connectivity index (χ4n) is 4.01. The molecule has 192 valence electrons. The van der Waals surface area contributed by atoms with Crippen LogP contribution in [0.2, 0.25) is 5.02 Å². The minimum Gasteiger partial charge on any atom is -0.435 e. The van der Waals surface area contributed by atoms with E-state index in [9.17, 15) is 13.7 Å². The Morgan fingerprint density at radius 3 is 2.58 bits per heavy atom. The van der Waals surface area contributed by atoms with Crippen LogP contribution in [0, 0.1) is 4.91 Å². The average Bonchev–Trinajstić information content (AvgIpc) is 3.27. The number of benzene rings is 2. The first-order chi connectivity index (χ1) is 17.4. The number of hydrogen-bond donors (Lipinski definition) is 1. The maximum Gasteiger partial charge on any atom is 0.387 e. The quantitative estimate of drug-likeness (QED) is 0.0782. The number of nitrogens with one attached hydrogen (secondary N) is 1. The van der Waals surface area contributed by atoms with Gasteiger partial charge in [0.1, 0.15) is 11.6 Å². The molecule has 0 spiro atoms. The number of nitrogens with zero attached hydrogens (tertiary/aromatic N) is 2. The Morgan fingerprint density at radius 2 is 1.97 bits per heavy atom. The normalized spacial score (nSPS) is 13.4. The van der Waals surface area contributed by atoms with Crippen LogP contribution < -0.4 is 0 Å². The van der Waals surface area contributed by atoms with E-state index in [0.717, 1.165) is 17.7 Å². The minimum absolute atomic E-state index is 0.0383. The summed E-state index contributed by atoms with van der Waals surface area (Å²) in [5, 5.41) is 3.43. The number of ether oxygens (including phenoxy) is 1. The zero-order chi connectivity index (χ0) is 26.1. The summed E-state index contributed by atoms with van der Waals surface area (Å²) < 4.78 is 30.5. The van der Waals surface area contributed by atoms with Crippen LogP contribution in [0.15, 0.2) is 64.4 Å². The van der Waals surface area contributed by atoms with Gasteiger partial charge in [-0.05, 0) is 68.3 Å². The van der Waals surface area contributed by atoms with Crippen molar-refractivity contribution in [1.82, 2.24) is 9.97 Å². The van der Waals surface area contributed by atoms with E-state index in [0.29, 0.717) is 39.4 Å². The fourth-order valence-corrected chi connectivity index (χ4v) is 5.27. The highest BCUT2D eigenvalue weighted by atomic mass is 35.5. The van der Waals surface area contributed by atoms with Crippen LogP contribution in [-0.2, 0) is 4.74 Å². The van der Waals surface area contributed by atoms with Crippen molar-refractivity contribution in [3.05, 3.63) is 81.2 Å². The Hall–Kier alpha value is -2.71. The summed E-state index contributed by atoms with van der Waals surface area (Å²) in [6.45, 7) is 2.73. The average molecular weight is 534 g/mol. The molecule has 5 nitrogen and oxygen atoms in total. The van der Waals surface area contributed by atoms with E-state index in [1.807, 2.05) is 11.8 Å². The Kier molecular flexibility index (Phi) is 10.5. The molecule has 9 heteroatoms. The van der Waals surface area contributed by atoms with Gasteiger partial charge in [0.05, 0.1) is 22.6 Å². The lowest BCUT2D eigenvalue weighted by atomic mass is 9.95. The summed E-state index contributed by atoms with van der Waals surface area (Å²) >= 11 is 8.38. The van der Waals surface area contributed by atoms with Crippen molar-refractivity contribution in [2.75, 3.05) is 12.3 Å². The highest BCUT2D eigenvalue weighted by Gasteiger charge is 2.21. The van der Waals surface area contributed by atoms with Gasteiger partial charge in [0.2, 0.25) is 0 Å². The zero-order valence-corrected chi connectivity index (χ0v) is 22.1. The number of alkyl halides is 2. The standard InChI is InChI=1S/C27H30ClF2N3O2S/c1-4-7-14-36-18-10-8-17(9-11-18)20(12-13-31-34)26-32-23-15-21(22(28)16-24(23)33-26)19(5-2)25(6-3)35-27(29)30/h5-6,8-11,15-16,20,27H,4,7,12-14H2,1-3H3,(H,32,33)/b19-5-,25-6+. The van der Waals surface area contributed by atoms with Gasteiger partial charge in [-0.1, -0.05) is 48.3 Å². The first-order valence-corrected chi connectivity index (χ1v) is 13.3. The lowest BCUT2D eigenvalue weighted by Gasteiger charge is -2.14. The van der Waals surface area contributed by atoms with Crippen LogP contribution in [0.5, 0.6) is 0 Å². The second-order valence-corrected chi connectivity index (χ2v) is 9.75. The monoisotopic (exact) mass is 533 g/mol. The number of halogens is 3. The molecule has 0 radical (unpaired) electrons. The SMILES string of the molecule is C/C=C(\C(=C/C)OC(F)F)c1cc2nc(C(CCN=O)c3ccc(SCCCC)cc3)[nH]c2cc1Cl. The third kappa shape index (κ3) is 6.95. The Morgan fingerprint density at radius 1 is 1.22 bits per heavy atom. The minimum atomic E-state index is -2.95. The number of hydrogen-bond acceptors (Lipinski definition) is 5. The highest BCUT2D eigenvalue weighted by molar-refractivity contribution is 7.99. The molecule has 2 aromatic carbocycles. The second-order valence-electron chi connectivity index (χ2n) is 8.17. The second kappa shape index (κ2) is 13.6. The first kappa shape index (κ1) is 27.9. The van der Waals surface area contributed by atoms with Crippen LogP contribution in [0.4, 0.5) is 8.78 Å². The molecule has 3 rings (SSSR count). The number of H-pyrrole nitrogens is 1. The lowest BCUT2D eigenvalue weighted by Crippen LogP contribution is -2.05. The van der Waals surface area contributed by atoms with Gasteiger partial charge in [-0.3, -0.25) is 0 Å². The van der Waals surface area contributed by atoms with Crippen molar-refractivity contribution in [2.45, 2.75) is 57.5 Å². The van der Waals surface area contributed by atoms with Crippen molar-refractivity contribution in [2.24, 2.45) is 5.18 Å². The Bertz CT molecular complexity index is 1230. The molecule has 0 aliphatic carbocycles. The van der Waals surface area contributed by atoms with E-state index in [1.54, 1.807) is 32.1 Å². The number of aromatic nitrogens is 2. The molecule has 36 heavy (non-hydrogen) atoms. The zero-order valence-electron chi connectivity index (χ0n) is 20.6. The number of thioether (sulfide) groups is 1. The molecule has 0 fully saturated rings. The Balaban J connectivity index is 1.97. The number of rotatable bonds is 13. The number of allylic oxidation sites excluding steroid dienone is 3. The molecule has 0 bridgehead atoms. The summed E-state index contributed by atoms with van der Waals surface area (Å²) in [6, 6.07) is 11.8. The number of imidazole rings is 1. The highest BCUT2D eigenvalue weighted by Crippen LogP contribution is 2.35. The van der Waals surface area contributed by atoms with E-state index < -0.39 is 6.61 Å². The third-order valence-corrected chi connectivity index (χ3v) is 7.21. The van der Waals surface area contributed by atoms with Crippen LogP contribution in [0.1, 0.15) is 62.9 Å². The molecule has 1 N–H and O–H groups in total. The summed E-state index contributed by atoms with van der Waals surface area (Å²) in [6.07, 6.45) is 5.98. The van der Waals surface area contributed by atoms with Gasteiger partial charge in [0, 0.05) is 21.9 Å². The maximum absolute atomic E-state index is 12.9. The first-order valence-electron chi connectivity index (χ1n) is 11.9.